The maximum Gasteiger partial charge on any atom is 0.237 e. The Labute approximate surface area is 77.7 Å². The van der Waals surface area contributed by atoms with Gasteiger partial charge in [-0.15, -0.1) is 0 Å². The second-order valence-corrected chi connectivity index (χ2v) is 4.11. The van der Waals surface area contributed by atoms with Crippen molar-refractivity contribution in [3.63, 3.8) is 0 Å². The lowest BCUT2D eigenvalue weighted by molar-refractivity contribution is -0.125. The molecule has 1 heterocycles. The van der Waals surface area contributed by atoms with Crippen LogP contribution in [0.2, 0.25) is 0 Å². The molecule has 2 rings (SSSR count). The van der Waals surface area contributed by atoms with E-state index in [4.69, 9.17) is 5.26 Å². The summed E-state index contributed by atoms with van der Waals surface area (Å²) in [7, 11) is 1.80. The van der Waals surface area contributed by atoms with Gasteiger partial charge in [-0.25, -0.2) is 0 Å². The molecule has 0 unspecified atom stereocenters. The Morgan fingerprint density at radius 3 is 2.69 bits per heavy atom. The fraction of sp³-hybridized carbons (Fsp3) is 0.778. The third-order valence-electron chi connectivity index (χ3n) is 2.81. The molecule has 13 heavy (non-hydrogen) atoms. The van der Waals surface area contributed by atoms with Crippen LogP contribution in [0.15, 0.2) is 0 Å². The fourth-order valence-corrected chi connectivity index (χ4v) is 1.73. The second-order valence-electron chi connectivity index (χ2n) is 4.11. The molecule has 70 valence electrons. The van der Waals surface area contributed by atoms with Crippen molar-refractivity contribution >= 4 is 5.91 Å². The summed E-state index contributed by atoms with van der Waals surface area (Å²) in [5.41, 5.74) is -0.120. The third kappa shape index (κ3) is 1.52. The van der Waals surface area contributed by atoms with E-state index < -0.39 is 0 Å². The summed E-state index contributed by atoms with van der Waals surface area (Å²) in [5.74, 6) is 0.161. The Bertz CT molecular complexity index is 277. The van der Waals surface area contributed by atoms with Crippen molar-refractivity contribution in [3.05, 3.63) is 0 Å². The third-order valence-corrected chi connectivity index (χ3v) is 2.81. The van der Waals surface area contributed by atoms with Crippen molar-refractivity contribution in [2.75, 3.05) is 26.8 Å². The number of nitrogens with zero attached hydrogens (tertiary/aromatic N) is 3. The summed E-state index contributed by atoms with van der Waals surface area (Å²) in [6.45, 7) is 1.93. The predicted octanol–water partition coefficient (Wildman–Crippen LogP) is 0.0217. The van der Waals surface area contributed by atoms with Gasteiger partial charge in [0.15, 0.2) is 0 Å². The van der Waals surface area contributed by atoms with E-state index in [1.165, 1.54) is 0 Å². The van der Waals surface area contributed by atoms with E-state index in [-0.39, 0.29) is 11.3 Å². The second kappa shape index (κ2) is 2.71. The molecule has 4 heteroatoms. The van der Waals surface area contributed by atoms with Crippen LogP contribution in [0.4, 0.5) is 0 Å². The molecule has 1 saturated heterocycles. The first-order valence-corrected chi connectivity index (χ1v) is 4.53. The molecular weight excluding hydrogens is 166 g/mol. The first-order valence-electron chi connectivity index (χ1n) is 4.53. The average Bonchev–Trinajstić information content (AvgIpc) is 2.78. The highest BCUT2D eigenvalue weighted by Gasteiger charge is 2.45. The molecule has 0 spiro atoms. The van der Waals surface area contributed by atoms with Crippen LogP contribution < -0.4 is 0 Å². The maximum absolute atomic E-state index is 11.2. The lowest BCUT2D eigenvalue weighted by atomic mass is 10.1. The molecule has 1 amide bonds. The number of hydrogen-bond donors (Lipinski definition) is 0. The molecule has 2 fully saturated rings. The van der Waals surface area contributed by atoms with E-state index in [9.17, 15) is 4.79 Å². The van der Waals surface area contributed by atoms with Gasteiger partial charge in [-0.05, 0) is 12.8 Å². The highest BCUT2D eigenvalue weighted by Crippen LogP contribution is 2.45. The molecule has 0 radical (unpaired) electrons. The summed E-state index contributed by atoms with van der Waals surface area (Å²) in [5, 5.41) is 8.87. The lowest BCUT2D eigenvalue weighted by Gasteiger charge is -2.16. The van der Waals surface area contributed by atoms with Crippen LogP contribution in [0.5, 0.6) is 0 Å². The number of carbonyl (C=O) groups is 1. The molecular formula is C9H13N3O. The smallest absolute Gasteiger partial charge is 0.237 e. The largest absolute Gasteiger partial charge is 0.332 e. The topological polar surface area (TPSA) is 47.3 Å². The zero-order chi connectivity index (χ0) is 9.47. The molecule has 1 aliphatic heterocycles. The Balaban J connectivity index is 1.91. The summed E-state index contributed by atoms with van der Waals surface area (Å²) in [6, 6.07) is 2.34. The zero-order valence-electron chi connectivity index (χ0n) is 7.79. The van der Waals surface area contributed by atoms with Gasteiger partial charge < -0.3 is 4.90 Å². The summed E-state index contributed by atoms with van der Waals surface area (Å²) < 4.78 is 0. The van der Waals surface area contributed by atoms with Crippen LogP contribution in [-0.2, 0) is 4.79 Å². The van der Waals surface area contributed by atoms with Crippen LogP contribution in [-0.4, -0.2) is 42.5 Å². The fourth-order valence-electron chi connectivity index (χ4n) is 1.73. The molecule has 0 bridgehead atoms. The standard InChI is InChI=1S/C9H13N3O/c1-11-7-12(4-8(11)13)6-9(5-10)2-3-9/h2-4,6-7H2,1H3. The van der Waals surface area contributed by atoms with Crippen LogP contribution in [0.1, 0.15) is 12.8 Å². The monoisotopic (exact) mass is 179 g/mol. The molecule has 0 atom stereocenters. The predicted molar refractivity (Wildman–Crippen MR) is 46.5 cm³/mol. The first kappa shape index (κ1) is 8.52. The quantitative estimate of drug-likeness (QED) is 0.600. The van der Waals surface area contributed by atoms with Gasteiger partial charge in [0, 0.05) is 13.6 Å². The molecule has 2 aliphatic rings. The first-order chi connectivity index (χ1) is 6.15. The number of hydrogen-bond acceptors (Lipinski definition) is 3. The van der Waals surface area contributed by atoms with Gasteiger partial charge in [0.1, 0.15) is 0 Å². The van der Waals surface area contributed by atoms with E-state index >= 15 is 0 Å². The van der Waals surface area contributed by atoms with Crippen molar-refractivity contribution in [1.29, 1.82) is 5.26 Å². The Hall–Kier alpha value is -1.08. The summed E-state index contributed by atoms with van der Waals surface area (Å²) in [4.78, 5) is 14.9. The van der Waals surface area contributed by atoms with Gasteiger partial charge in [0.2, 0.25) is 5.91 Å². The number of rotatable bonds is 2. The van der Waals surface area contributed by atoms with E-state index in [1.807, 2.05) is 0 Å². The highest BCUT2D eigenvalue weighted by molar-refractivity contribution is 5.79. The molecule has 0 aromatic rings. The minimum atomic E-state index is -0.120. The summed E-state index contributed by atoms with van der Waals surface area (Å²) >= 11 is 0. The molecule has 0 aromatic carbocycles. The molecule has 4 nitrogen and oxygen atoms in total. The average molecular weight is 179 g/mol. The normalized spacial score (nSPS) is 26.2. The van der Waals surface area contributed by atoms with E-state index in [0.717, 1.165) is 19.4 Å². The van der Waals surface area contributed by atoms with Crippen LogP contribution >= 0.6 is 0 Å². The van der Waals surface area contributed by atoms with Gasteiger partial charge in [-0.3, -0.25) is 9.69 Å². The zero-order valence-corrected chi connectivity index (χ0v) is 7.79. The molecule has 0 N–H and O–H groups in total. The maximum atomic E-state index is 11.2. The van der Waals surface area contributed by atoms with E-state index in [2.05, 4.69) is 11.0 Å². The van der Waals surface area contributed by atoms with Crippen LogP contribution in [0.3, 0.4) is 0 Å². The van der Waals surface area contributed by atoms with E-state index in [0.29, 0.717) is 13.2 Å². The van der Waals surface area contributed by atoms with Crippen LogP contribution in [0.25, 0.3) is 0 Å². The van der Waals surface area contributed by atoms with E-state index in [1.54, 1.807) is 11.9 Å². The van der Waals surface area contributed by atoms with Gasteiger partial charge in [0.05, 0.1) is 24.7 Å². The molecule has 0 aromatic heterocycles. The van der Waals surface area contributed by atoms with Crippen molar-refractivity contribution in [2.45, 2.75) is 12.8 Å². The lowest BCUT2D eigenvalue weighted by Crippen LogP contribution is -2.29. The van der Waals surface area contributed by atoms with Crippen molar-refractivity contribution in [3.8, 4) is 6.07 Å². The highest BCUT2D eigenvalue weighted by atomic mass is 16.2. The van der Waals surface area contributed by atoms with Crippen molar-refractivity contribution in [2.24, 2.45) is 5.41 Å². The van der Waals surface area contributed by atoms with Gasteiger partial charge in [-0.1, -0.05) is 0 Å². The Morgan fingerprint density at radius 2 is 2.31 bits per heavy atom. The molecule has 1 aliphatic carbocycles. The number of likely N-dealkylation sites (N-methyl/N-ethyl adjacent to an activating group) is 1. The number of carbonyl (C=O) groups excluding carboxylic acids is 1. The van der Waals surface area contributed by atoms with Crippen LogP contribution in [0, 0.1) is 16.7 Å². The Morgan fingerprint density at radius 1 is 1.62 bits per heavy atom. The SMILES string of the molecule is CN1CN(CC2(C#N)CC2)CC1=O. The number of amides is 1. The summed E-state index contributed by atoms with van der Waals surface area (Å²) in [6.07, 6.45) is 2.00. The Kier molecular flexibility index (Phi) is 1.77. The van der Waals surface area contributed by atoms with Crippen molar-refractivity contribution < 1.29 is 4.79 Å². The van der Waals surface area contributed by atoms with Gasteiger partial charge in [0.25, 0.3) is 0 Å². The van der Waals surface area contributed by atoms with Gasteiger partial charge >= 0.3 is 0 Å². The van der Waals surface area contributed by atoms with Gasteiger partial charge in [-0.2, -0.15) is 5.26 Å². The number of nitriles is 1. The molecule has 1 saturated carbocycles. The van der Waals surface area contributed by atoms with Crippen molar-refractivity contribution in [1.82, 2.24) is 9.80 Å². The minimum Gasteiger partial charge on any atom is -0.332 e. The minimum absolute atomic E-state index is 0.120.